The van der Waals surface area contributed by atoms with Crippen molar-refractivity contribution in [2.45, 2.75) is 38.0 Å². The Morgan fingerprint density at radius 3 is 2.67 bits per heavy atom. The van der Waals surface area contributed by atoms with Crippen LogP contribution in [0.5, 0.6) is 0 Å². The Hall–Kier alpha value is -1.05. The smallest absolute Gasteiger partial charge is 0.243 e. The van der Waals surface area contributed by atoms with Gasteiger partial charge >= 0.3 is 0 Å². The van der Waals surface area contributed by atoms with E-state index in [1.54, 1.807) is 40.3 Å². The highest BCUT2D eigenvalue weighted by Crippen LogP contribution is 2.24. The summed E-state index contributed by atoms with van der Waals surface area (Å²) in [4.78, 5) is 12.1. The molecular formula is C17H26N2O3S2. The number of anilines is 1. The zero-order valence-electron chi connectivity index (χ0n) is 14.3. The number of piperidine rings is 1. The number of rotatable bonds is 7. The first-order chi connectivity index (χ1) is 11.4. The van der Waals surface area contributed by atoms with E-state index in [-0.39, 0.29) is 10.8 Å². The van der Waals surface area contributed by atoms with Gasteiger partial charge in [-0.3, -0.25) is 4.79 Å². The summed E-state index contributed by atoms with van der Waals surface area (Å²) in [6, 6.07) is 6.46. The summed E-state index contributed by atoms with van der Waals surface area (Å²) in [6.45, 7) is 5.32. The molecule has 1 fully saturated rings. The van der Waals surface area contributed by atoms with Crippen LogP contribution in [-0.4, -0.2) is 43.2 Å². The van der Waals surface area contributed by atoms with Crippen molar-refractivity contribution in [1.82, 2.24) is 4.31 Å². The van der Waals surface area contributed by atoms with Crippen molar-refractivity contribution in [3.63, 3.8) is 0 Å². The van der Waals surface area contributed by atoms with E-state index < -0.39 is 10.0 Å². The average Bonchev–Trinajstić information content (AvgIpc) is 2.55. The van der Waals surface area contributed by atoms with Crippen LogP contribution in [0.3, 0.4) is 0 Å². The van der Waals surface area contributed by atoms with Crippen LogP contribution in [0.2, 0.25) is 0 Å². The van der Waals surface area contributed by atoms with Gasteiger partial charge < -0.3 is 5.32 Å². The lowest BCUT2D eigenvalue weighted by molar-refractivity contribution is -0.113. The molecule has 0 aromatic heterocycles. The molecule has 0 saturated carbocycles. The molecule has 1 aromatic rings. The Morgan fingerprint density at radius 2 is 2.04 bits per heavy atom. The zero-order valence-corrected chi connectivity index (χ0v) is 16.0. The lowest BCUT2D eigenvalue weighted by Gasteiger charge is -2.30. The highest BCUT2D eigenvalue weighted by molar-refractivity contribution is 7.99. The summed E-state index contributed by atoms with van der Waals surface area (Å²) in [7, 11) is -3.44. The van der Waals surface area contributed by atoms with Gasteiger partial charge in [0.05, 0.1) is 10.6 Å². The van der Waals surface area contributed by atoms with Crippen molar-refractivity contribution in [3.8, 4) is 0 Å². The topological polar surface area (TPSA) is 66.5 Å². The Morgan fingerprint density at radius 1 is 1.33 bits per heavy atom. The first-order valence-corrected chi connectivity index (χ1v) is 11.0. The zero-order chi connectivity index (χ0) is 17.6. The van der Waals surface area contributed by atoms with Crippen molar-refractivity contribution in [1.29, 1.82) is 0 Å². The number of amides is 1. The first kappa shape index (κ1) is 19.3. The summed E-state index contributed by atoms with van der Waals surface area (Å²) in [5.74, 6) is 1.71. The van der Waals surface area contributed by atoms with E-state index in [4.69, 9.17) is 0 Å². The van der Waals surface area contributed by atoms with Gasteiger partial charge in [0.1, 0.15) is 0 Å². The molecule has 24 heavy (non-hydrogen) atoms. The molecule has 134 valence electrons. The number of nitrogens with one attached hydrogen (secondary N) is 1. The molecule has 1 unspecified atom stereocenters. The predicted octanol–water partition coefficient (Wildman–Crippen LogP) is 3.19. The minimum atomic E-state index is -3.44. The Balaban J connectivity index is 1.99. The van der Waals surface area contributed by atoms with Crippen LogP contribution in [0, 0.1) is 5.92 Å². The van der Waals surface area contributed by atoms with Gasteiger partial charge in [0.2, 0.25) is 15.9 Å². The Kier molecular flexibility index (Phi) is 7.13. The minimum Gasteiger partial charge on any atom is -0.325 e. The highest BCUT2D eigenvalue weighted by Gasteiger charge is 2.28. The maximum absolute atomic E-state index is 12.7. The number of nitrogens with zero attached hydrogens (tertiary/aromatic N) is 1. The van der Waals surface area contributed by atoms with E-state index in [9.17, 15) is 13.2 Å². The largest absolute Gasteiger partial charge is 0.325 e. The molecule has 1 aromatic carbocycles. The van der Waals surface area contributed by atoms with Gasteiger partial charge in [-0.2, -0.15) is 16.1 Å². The summed E-state index contributed by atoms with van der Waals surface area (Å²) in [5, 5.41) is 2.80. The molecular weight excluding hydrogens is 344 g/mol. The standard InChI is InChI=1S/C17H26N2O3S2/c1-3-11-23-13-17(20)18-15-6-8-16(9-7-15)24(21,22)19-10-4-5-14(2)12-19/h6-9,14H,3-5,10-13H2,1-2H3,(H,18,20). The maximum atomic E-state index is 12.7. The molecule has 0 spiro atoms. The van der Waals surface area contributed by atoms with Crippen molar-refractivity contribution in [2.24, 2.45) is 5.92 Å². The number of sulfonamides is 1. The lowest BCUT2D eigenvalue weighted by Crippen LogP contribution is -2.39. The number of thioether (sulfide) groups is 1. The van der Waals surface area contributed by atoms with Gasteiger partial charge in [-0.05, 0) is 55.2 Å². The molecule has 1 amide bonds. The van der Waals surface area contributed by atoms with Gasteiger partial charge in [0.25, 0.3) is 0 Å². The van der Waals surface area contributed by atoms with Gasteiger partial charge in [0, 0.05) is 18.8 Å². The third-order valence-corrected chi connectivity index (χ3v) is 7.02. The van der Waals surface area contributed by atoms with Crippen LogP contribution < -0.4 is 5.32 Å². The van der Waals surface area contributed by atoms with Crippen LogP contribution in [0.15, 0.2) is 29.2 Å². The quantitative estimate of drug-likeness (QED) is 0.749. The van der Waals surface area contributed by atoms with Crippen LogP contribution in [-0.2, 0) is 14.8 Å². The van der Waals surface area contributed by atoms with Gasteiger partial charge in [0.15, 0.2) is 0 Å². The Labute approximate surface area is 149 Å². The van der Waals surface area contributed by atoms with Crippen LogP contribution >= 0.6 is 11.8 Å². The lowest BCUT2D eigenvalue weighted by atomic mass is 10.0. The molecule has 1 atom stereocenters. The second kappa shape index (κ2) is 8.87. The van der Waals surface area contributed by atoms with Crippen LogP contribution in [0.4, 0.5) is 5.69 Å². The highest BCUT2D eigenvalue weighted by atomic mass is 32.2. The molecule has 5 nitrogen and oxygen atoms in total. The van der Waals surface area contributed by atoms with Crippen molar-refractivity contribution < 1.29 is 13.2 Å². The van der Waals surface area contributed by atoms with E-state index in [1.807, 2.05) is 0 Å². The molecule has 0 radical (unpaired) electrons. The van der Waals surface area contributed by atoms with Gasteiger partial charge in [-0.1, -0.05) is 13.8 Å². The summed E-state index contributed by atoms with van der Waals surface area (Å²) >= 11 is 1.59. The van der Waals surface area contributed by atoms with E-state index in [2.05, 4.69) is 19.2 Å². The van der Waals surface area contributed by atoms with Gasteiger partial charge in [-0.25, -0.2) is 8.42 Å². The monoisotopic (exact) mass is 370 g/mol. The first-order valence-electron chi connectivity index (χ1n) is 8.41. The summed E-state index contributed by atoms with van der Waals surface area (Å²) in [6.07, 6.45) is 3.02. The molecule has 1 saturated heterocycles. The summed E-state index contributed by atoms with van der Waals surface area (Å²) < 4.78 is 26.9. The summed E-state index contributed by atoms with van der Waals surface area (Å²) in [5.41, 5.74) is 0.628. The normalized spacial score (nSPS) is 19.2. The fourth-order valence-corrected chi connectivity index (χ4v) is 5.02. The molecule has 0 bridgehead atoms. The van der Waals surface area contributed by atoms with Crippen LogP contribution in [0.25, 0.3) is 0 Å². The second-order valence-electron chi connectivity index (χ2n) is 6.24. The third-order valence-electron chi connectivity index (χ3n) is 3.98. The number of carbonyl (C=O) groups is 1. The molecule has 1 N–H and O–H groups in total. The predicted molar refractivity (Wildman–Crippen MR) is 99.8 cm³/mol. The van der Waals surface area contributed by atoms with E-state index in [1.165, 1.54) is 0 Å². The second-order valence-corrected chi connectivity index (χ2v) is 9.28. The van der Waals surface area contributed by atoms with E-state index >= 15 is 0 Å². The fraction of sp³-hybridized carbons (Fsp3) is 0.588. The van der Waals surface area contributed by atoms with Crippen molar-refractivity contribution in [2.75, 3.05) is 29.9 Å². The average molecular weight is 371 g/mol. The number of hydrogen-bond acceptors (Lipinski definition) is 4. The molecule has 1 aliphatic heterocycles. The maximum Gasteiger partial charge on any atom is 0.243 e. The van der Waals surface area contributed by atoms with Crippen molar-refractivity contribution in [3.05, 3.63) is 24.3 Å². The Bertz CT molecular complexity index is 644. The van der Waals surface area contributed by atoms with E-state index in [0.29, 0.717) is 30.4 Å². The van der Waals surface area contributed by atoms with Crippen LogP contribution in [0.1, 0.15) is 33.1 Å². The molecule has 7 heteroatoms. The van der Waals surface area contributed by atoms with Gasteiger partial charge in [-0.15, -0.1) is 0 Å². The van der Waals surface area contributed by atoms with Crippen molar-refractivity contribution >= 4 is 33.4 Å². The molecule has 1 heterocycles. The third kappa shape index (κ3) is 5.22. The fourth-order valence-electron chi connectivity index (χ4n) is 2.73. The number of hydrogen-bond donors (Lipinski definition) is 1. The minimum absolute atomic E-state index is 0.0612. The SMILES string of the molecule is CCCSCC(=O)Nc1ccc(S(=O)(=O)N2CCCC(C)C2)cc1. The molecule has 1 aliphatic rings. The number of carbonyl (C=O) groups excluding carboxylic acids is 1. The number of benzene rings is 1. The molecule has 2 rings (SSSR count). The van der Waals surface area contributed by atoms with E-state index in [0.717, 1.165) is 25.0 Å². The molecule has 0 aliphatic carbocycles.